The highest BCUT2D eigenvalue weighted by atomic mass is 32.2. The van der Waals surface area contributed by atoms with Crippen molar-refractivity contribution in [3.8, 4) is 0 Å². The van der Waals surface area contributed by atoms with E-state index in [1.54, 1.807) is 11.8 Å². The molecule has 0 atom stereocenters. The number of rotatable bonds is 3. The predicted octanol–water partition coefficient (Wildman–Crippen LogP) is 2.82. The molecule has 1 aromatic rings. The van der Waals surface area contributed by atoms with Gasteiger partial charge in [0.05, 0.1) is 5.60 Å². The molecule has 1 heterocycles. The van der Waals surface area contributed by atoms with Crippen LogP contribution in [0.4, 0.5) is 0 Å². The fourth-order valence-electron chi connectivity index (χ4n) is 2.10. The number of aryl methyl sites for hydroxylation is 1. The third-order valence-electron chi connectivity index (χ3n) is 3.43. The van der Waals surface area contributed by atoms with Crippen molar-refractivity contribution >= 4 is 11.8 Å². The molecule has 17 heavy (non-hydrogen) atoms. The Hall–Kier alpha value is -0.610. The van der Waals surface area contributed by atoms with Crippen LogP contribution in [0.25, 0.3) is 0 Å². The van der Waals surface area contributed by atoms with Crippen molar-refractivity contribution in [2.45, 2.75) is 50.3 Å². The molecule has 1 fully saturated rings. The van der Waals surface area contributed by atoms with E-state index in [-0.39, 0.29) is 0 Å². The summed E-state index contributed by atoms with van der Waals surface area (Å²) in [7, 11) is 0. The molecule has 0 spiro atoms. The largest absolute Gasteiger partial charge is 0.389 e. The summed E-state index contributed by atoms with van der Waals surface area (Å²) in [4.78, 5) is 8.50. The molecule has 1 aliphatic rings. The lowest BCUT2D eigenvalue weighted by atomic mass is 9.81. The maximum atomic E-state index is 10.4. The third kappa shape index (κ3) is 3.68. The smallest absolute Gasteiger partial charge is 0.187 e. The SMILES string of the molecule is Cc1cnc(SCC2(O)CCC(C)CC2)nc1. The zero-order valence-electron chi connectivity index (χ0n) is 10.5. The fourth-order valence-corrected chi connectivity index (χ4v) is 3.04. The van der Waals surface area contributed by atoms with Crippen molar-refractivity contribution < 1.29 is 5.11 Å². The lowest BCUT2D eigenvalue weighted by Crippen LogP contribution is -2.36. The third-order valence-corrected chi connectivity index (χ3v) is 4.58. The Morgan fingerprint density at radius 3 is 2.53 bits per heavy atom. The van der Waals surface area contributed by atoms with Gasteiger partial charge in [-0.15, -0.1) is 0 Å². The lowest BCUT2D eigenvalue weighted by Gasteiger charge is -2.34. The number of aliphatic hydroxyl groups is 1. The molecule has 1 aliphatic carbocycles. The summed E-state index contributed by atoms with van der Waals surface area (Å²) < 4.78 is 0. The van der Waals surface area contributed by atoms with E-state index in [0.717, 1.165) is 42.3 Å². The molecule has 4 heteroatoms. The van der Waals surface area contributed by atoms with Gasteiger partial charge in [0.25, 0.3) is 0 Å². The van der Waals surface area contributed by atoms with Crippen LogP contribution in [0.15, 0.2) is 17.6 Å². The Balaban J connectivity index is 1.87. The van der Waals surface area contributed by atoms with E-state index < -0.39 is 5.60 Å². The van der Waals surface area contributed by atoms with E-state index in [1.165, 1.54) is 0 Å². The molecule has 0 amide bonds. The summed E-state index contributed by atoms with van der Waals surface area (Å²) >= 11 is 1.56. The minimum absolute atomic E-state index is 0.509. The Bertz CT molecular complexity index is 358. The molecular weight excluding hydrogens is 232 g/mol. The van der Waals surface area contributed by atoms with Gasteiger partial charge in [-0.05, 0) is 44.1 Å². The zero-order valence-corrected chi connectivity index (χ0v) is 11.3. The molecule has 0 aliphatic heterocycles. The zero-order chi connectivity index (χ0) is 12.3. The van der Waals surface area contributed by atoms with Gasteiger partial charge in [0.2, 0.25) is 0 Å². The van der Waals surface area contributed by atoms with Crippen molar-refractivity contribution in [1.82, 2.24) is 9.97 Å². The van der Waals surface area contributed by atoms with Crippen LogP contribution < -0.4 is 0 Å². The van der Waals surface area contributed by atoms with E-state index in [9.17, 15) is 5.11 Å². The van der Waals surface area contributed by atoms with E-state index in [1.807, 2.05) is 19.3 Å². The Morgan fingerprint density at radius 1 is 1.35 bits per heavy atom. The second-order valence-electron chi connectivity index (χ2n) is 5.24. The maximum absolute atomic E-state index is 10.4. The molecule has 1 N–H and O–H groups in total. The molecule has 1 aromatic heterocycles. The van der Waals surface area contributed by atoms with E-state index in [0.29, 0.717) is 5.75 Å². The van der Waals surface area contributed by atoms with E-state index >= 15 is 0 Å². The van der Waals surface area contributed by atoms with Gasteiger partial charge in [-0.2, -0.15) is 0 Å². The first-order valence-electron chi connectivity index (χ1n) is 6.21. The number of hydrogen-bond acceptors (Lipinski definition) is 4. The van der Waals surface area contributed by atoms with Crippen molar-refractivity contribution in [2.75, 3.05) is 5.75 Å². The standard InChI is InChI=1S/C13H20N2OS/c1-10-3-5-13(16,6-4-10)9-17-12-14-7-11(2)8-15-12/h7-8,10,16H,3-6,9H2,1-2H3. The van der Waals surface area contributed by atoms with Crippen LogP contribution in [-0.2, 0) is 0 Å². The molecule has 3 nitrogen and oxygen atoms in total. The van der Waals surface area contributed by atoms with Gasteiger partial charge < -0.3 is 5.11 Å². The van der Waals surface area contributed by atoms with Gasteiger partial charge in [0, 0.05) is 18.1 Å². The lowest BCUT2D eigenvalue weighted by molar-refractivity contribution is 0.0150. The summed E-state index contributed by atoms with van der Waals surface area (Å²) in [5, 5.41) is 11.2. The summed E-state index contributed by atoms with van der Waals surface area (Å²) in [6, 6.07) is 0. The maximum Gasteiger partial charge on any atom is 0.187 e. The number of thioether (sulfide) groups is 1. The van der Waals surface area contributed by atoms with Gasteiger partial charge in [-0.3, -0.25) is 0 Å². The number of hydrogen-bond donors (Lipinski definition) is 1. The Kier molecular flexibility index (Phi) is 4.05. The minimum atomic E-state index is -0.509. The molecule has 0 unspecified atom stereocenters. The first kappa shape index (κ1) is 12.8. The van der Waals surface area contributed by atoms with Crippen molar-refractivity contribution in [2.24, 2.45) is 5.92 Å². The molecule has 1 saturated carbocycles. The second-order valence-corrected chi connectivity index (χ2v) is 6.18. The van der Waals surface area contributed by atoms with Crippen molar-refractivity contribution in [1.29, 1.82) is 0 Å². The normalized spacial score (nSPS) is 29.2. The Morgan fingerprint density at radius 2 is 1.94 bits per heavy atom. The fraction of sp³-hybridized carbons (Fsp3) is 0.692. The summed E-state index contributed by atoms with van der Waals surface area (Å²) in [5.41, 5.74) is 0.561. The summed E-state index contributed by atoms with van der Waals surface area (Å²) in [6.07, 6.45) is 7.72. The molecule has 0 saturated heterocycles. The van der Waals surface area contributed by atoms with Crippen LogP contribution in [0, 0.1) is 12.8 Å². The molecule has 0 radical (unpaired) electrons. The highest BCUT2D eigenvalue weighted by Crippen LogP contribution is 2.35. The molecule has 2 rings (SSSR count). The number of aromatic nitrogens is 2. The highest BCUT2D eigenvalue weighted by Gasteiger charge is 2.31. The van der Waals surface area contributed by atoms with Gasteiger partial charge in [0.1, 0.15) is 0 Å². The summed E-state index contributed by atoms with van der Waals surface area (Å²) in [5.74, 6) is 1.47. The Labute approximate surface area is 107 Å². The average Bonchev–Trinajstić information content (AvgIpc) is 2.33. The van der Waals surface area contributed by atoms with Gasteiger partial charge in [0.15, 0.2) is 5.16 Å². The average molecular weight is 252 g/mol. The predicted molar refractivity (Wildman–Crippen MR) is 70.1 cm³/mol. The van der Waals surface area contributed by atoms with E-state index in [2.05, 4.69) is 16.9 Å². The molecule has 0 bridgehead atoms. The monoisotopic (exact) mass is 252 g/mol. The van der Waals surface area contributed by atoms with Crippen LogP contribution in [0.5, 0.6) is 0 Å². The molecule has 94 valence electrons. The van der Waals surface area contributed by atoms with Gasteiger partial charge in [-0.1, -0.05) is 18.7 Å². The van der Waals surface area contributed by atoms with Crippen molar-refractivity contribution in [3.05, 3.63) is 18.0 Å². The van der Waals surface area contributed by atoms with Crippen LogP contribution in [0.3, 0.4) is 0 Å². The minimum Gasteiger partial charge on any atom is -0.389 e. The van der Waals surface area contributed by atoms with Crippen LogP contribution >= 0.6 is 11.8 Å². The first-order chi connectivity index (χ1) is 8.07. The first-order valence-corrected chi connectivity index (χ1v) is 7.20. The molecular formula is C13H20N2OS. The van der Waals surface area contributed by atoms with Crippen molar-refractivity contribution in [3.63, 3.8) is 0 Å². The van der Waals surface area contributed by atoms with Gasteiger partial charge >= 0.3 is 0 Å². The molecule has 0 aromatic carbocycles. The topological polar surface area (TPSA) is 46.0 Å². The second kappa shape index (κ2) is 5.36. The van der Waals surface area contributed by atoms with Crippen LogP contribution in [-0.4, -0.2) is 26.4 Å². The van der Waals surface area contributed by atoms with Crippen LogP contribution in [0.2, 0.25) is 0 Å². The highest BCUT2D eigenvalue weighted by molar-refractivity contribution is 7.99. The number of nitrogens with zero attached hydrogens (tertiary/aromatic N) is 2. The quantitative estimate of drug-likeness (QED) is 0.664. The summed E-state index contributed by atoms with van der Waals surface area (Å²) in [6.45, 7) is 4.24. The van der Waals surface area contributed by atoms with E-state index in [4.69, 9.17) is 0 Å². The van der Waals surface area contributed by atoms with Crippen LogP contribution in [0.1, 0.15) is 38.2 Å². The van der Waals surface area contributed by atoms with Gasteiger partial charge in [-0.25, -0.2) is 9.97 Å².